The molecule has 3 heterocycles. The highest BCUT2D eigenvalue weighted by molar-refractivity contribution is 8.16. The van der Waals surface area contributed by atoms with Gasteiger partial charge in [0.15, 0.2) is 5.17 Å². The van der Waals surface area contributed by atoms with Crippen LogP contribution < -0.4 is 5.32 Å². The summed E-state index contributed by atoms with van der Waals surface area (Å²) < 4.78 is 50.2. The number of allylic oxidation sites excluding steroid dienone is 1. The van der Waals surface area contributed by atoms with Crippen LogP contribution in [0, 0.1) is 0 Å². The van der Waals surface area contributed by atoms with E-state index in [0.29, 0.717) is 48.4 Å². The van der Waals surface area contributed by atoms with Gasteiger partial charge in [0.1, 0.15) is 0 Å². The first-order chi connectivity index (χ1) is 17.7. The van der Waals surface area contributed by atoms with E-state index in [-0.39, 0.29) is 24.5 Å². The number of nitrogens with zero attached hydrogens (tertiary/aromatic N) is 3. The maximum atomic E-state index is 13.2. The molecule has 3 aliphatic rings. The third-order valence-electron chi connectivity index (χ3n) is 6.25. The Morgan fingerprint density at radius 1 is 1.22 bits per heavy atom. The number of fused-ring (bicyclic) bond motifs is 1. The van der Waals surface area contributed by atoms with E-state index >= 15 is 0 Å². The van der Waals surface area contributed by atoms with E-state index in [1.165, 1.54) is 23.9 Å². The first kappa shape index (κ1) is 27.2. The highest BCUT2D eigenvalue weighted by atomic mass is 32.2. The number of carbonyl (C=O) groups excluding carboxylic acids is 2. The van der Waals surface area contributed by atoms with Crippen LogP contribution in [0.1, 0.15) is 37.4 Å². The molecule has 0 radical (unpaired) electrons. The molecule has 200 valence electrons. The van der Waals surface area contributed by atoms with Gasteiger partial charge in [0.2, 0.25) is 5.91 Å². The van der Waals surface area contributed by atoms with E-state index in [1.54, 1.807) is 24.2 Å². The number of esters is 1. The molecule has 1 unspecified atom stereocenters. The van der Waals surface area contributed by atoms with Crippen molar-refractivity contribution in [2.24, 2.45) is 4.99 Å². The molecule has 1 aromatic rings. The average molecular weight is 539 g/mol. The Balaban J connectivity index is 1.55. The van der Waals surface area contributed by atoms with Crippen molar-refractivity contribution < 1.29 is 32.2 Å². The number of halogens is 3. The zero-order valence-corrected chi connectivity index (χ0v) is 21.5. The number of amidine groups is 1. The SMILES string of the molecule is CCOC(=O)C1=C(C)N=C2SC=C(CC(=O)NCCN3CCOCC3)N2C1c1ccc(C(F)(F)F)cc1. The van der Waals surface area contributed by atoms with Gasteiger partial charge in [-0.1, -0.05) is 23.9 Å². The van der Waals surface area contributed by atoms with Crippen LogP contribution in [-0.4, -0.2) is 72.8 Å². The first-order valence-corrected chi connectivity index (χ1v) is 12.9. The Hall–Kier alpha value is -2.83. The molecule has 4 rings (SSSR count). The third-order valence-corrected chi connectivity index (χ3v) is 7.13. The number of benzene rings is 1. The summed E-state index contributed by atoms with van der Waals surface area (Å²) in [7, 11) is 0. The summed E-state index contributed by atoms with van der Waals surface area (Å²) in [6, 6.07) is 3.90. The molecular formula is C25H29F3N4O4S. The van der Waals surface area contributed by atoms with Crippen molar-refractivity contribution in [3.63, 3.8) is 0 Å². The smallest absolute Gasteiger partial charge is 0.416 e. The molecule has 0 saturated carbocycles. The van der Waals surface area contributed by atoms with Gasteiger partial charge in [0, 0.05) is 31.9 Å². The maximum Gasteiger partial charge on any atom is 0.416 e. The lowest BCUT2D eigenvalue weighted by Gasteiger charge is -2.36. The predicted octanol–water partition coefficient (Wildman–Crippen LogP) is 3.68. The van der Waals surface area contributed by atoms with E-state index < -0.39 is 23.8 Å². The summed E-state index contributed by atoms with van der Waals surface area (Å²) in [6.07, 6.45) is -4.46. The number of alkyl halides is 3. The van der Waals surface area contributed by atoms with Crippen molar-refractivity contribution in [2.45, 2.75) is 32.5 Å². The molecular weight excluding hydrogens is 509 g/mol. The van der Waals surface area contributed by atoms with E-state index in [9.17, 15) is 22.8 Å². The van der Waals surface area contributed by atoms with Crippen molar-refractivity contribution in [1.29, 1.82) is 0 Å². The number of aliphatic imine (C=N–C) groups is 1. The number of thioether (sulfide) groups is 1. The monoisotopic (exact) mass is 538 g/mol. The summed E-state index contributed by atoms with van der Waals surface area (Å²) in [6.45, 7) is 7.67. The van der Waals surface area contributed by atoms with Crippen LogP contribution in [-0.2, 0) is 25.2 Å². The van der Waals surface area contributed by atoms with E-state index in [2.05, 4.69) is 15.2 Å². The fourth-order valence-electron chi connectivity index (χ4n) is 4.41. The molecule has 8 nitrogen and oxygen atoms in total. The molecule has 37 heavy (non-hydrogen) atoms. The number of rotatable bonds is 8. The topological polar surface area (TPSA) is 83.5 Å². The largest absolute Gasteiger partial charge is 0.463 e. The molecule has 1 N–H and O–H groups in total. The van der Waals surface area contributed by atoms with Crippen LogP contribution in [0.5, 0.6) is 0 Å². The summed E-state index contributed by atoms with van der Waals surface area (Å²) in [5.41, 5.74) is 0.930. The van der Waals surface area contributed by atoms with Gasteiger partial charge in [-0.15, -0.1) is 0 Å². The summed E-state index contributed by atoms with van der Waals surface area (Å²) in [5.74, 6) is -0.796. The van der Waals surface area contributed by atoms with Crippen LogP contribution >= 0.6 is 11.8 Å². The van der Waals surface area contributed by atoms with Gasteiger partial charge in [-0.25, -0.2) is 9.79 Å². The van der Waals surface area contributed by atoms with Crippen LogP contribution in [0.2, 0.25) is 0 Å². The van der Waals surface area contributed by atoms with Crippen LogP contribution in [0.25, 0.3) is 0 Å². The number of carbonyl (C=O) groups is 2. The van der Waals surface area contributed by atoms with E-state index in [4.69, 9.17) is 9.47 Å². The zero-order valence-electron chi connectivity index (χ0n) is 20.6. The summed E-state index contributed by atoms with van der Waals surface area (Å²) in [4.78, 5) is 34.2. The fraction of sp³-hybridized carbons (Fsp3) is 0.480. The van der Waals surface area contributed by atoms with Gasteiger partial charge < -0.3 is 19.7 Å². The quantitative estimate of drug-likeness (QED) is 0.506. The van der Waals surface area contributed by atoms with Crippen molar-refractivity contribution in [1.82, 2.24) is 15.1 Å². The number of ether oxygens (including phenoxy) is 2. The van der Waals surface area contributed by atoms with Gasteiger partial charge in [0.05, 0.1) is 49.1 Å². The highest BCUT2D eigenvalue weighted by Gasteiger charge is 2.41. The normalized spacial score (nSPS) is 20.4. The van der Waals surface area contributed by atoms with Gasteiger partial charge in [0.25, 0.3) is 0 Å². The summed E-state index contributed by atoms with van der Waals surface area (Å²) >= 11 is 1.31. The minimum Gasteiger partial charge on any atom is -0.463 e. The molecule has 12 heteroatoms. The molecule has 0 spiro atoms. The van der Waals surface area contributed by atoms with Crippen molar-refractivity contribution in [3.05, 3.63) is 57.8 Å². The molecule has 1 aromatic carbocycles. The second-order valence-electron chi connectivity index (χ2n) is 8.71. The molecule has 1 amide bonds. The second kappa shape index (κ2) is 11.7. The molecule has 1 atom stereocenters. The van der Waals surface area contributed by atoms with E-state index in [1.807, 2.05) is 0 Å². The Labute approximate surface area is 217 Å². The first-order valence-electron chi connectivity index (χ1n) is 12.0. The zero-order chi connectivity index (χ0) is 26.6. The van der Waals surface area contributed by atoms with Crippen molar-refractivity contribution in [3.8, 4) is 0 Å². The Morgan fingerprint density at radius 2 is 1.92 bits per heavy atom. The van der Waals surface area contributed by atoms with Gasteiger partial charge in [-0.2, -0.15) is 13.2 Å². The minimum atomic E-state index is -4.48. The lowest BCUT2D eigenvalue weighted by Crippen LogP contribution is -2.42. The molecule has 1 saturated heterocycles. The average Bonchev–Trinajstić information content (AvgIpc) is 3.25. The third kappa shape index (κ3) is 6.36. The summed E-state index contributed by atoms with van der Waals surface area (Å²) in [5, 5.41) is 5.27. The van der Waals surface area contributed by atoms with Crippen LogP contribution in [0.3, 0.4) is 0 Å². The number of nitrogens with one attached hydrogen (secondary N) is 1. The van der Waals surface area contributed by atoms with Gasteiger partial charge >= 0.3 is 12.1 Å². The minimum absolute atomic E-state index is 0.0292. The maximum absolute atomic E-state index is 13.2. The Kier molecular flexibility index (Phi) is 8.60. The molecule has 0 bridgehead atoms. The highest BCUT2D eigenvalue weighted by Crippen LogP contribution is 2.45. The Morgan fingerprint density at radius 3 is 2.57 bits per heavy atom. The lowest BCUT2D eigenvalue weighted by atomic mass is 9.93. The second-order valence-corrected chi connectivity index (χ2v) is 9.55. The van der Waals surface area contributed by atoms with E-state index in [0.717, 1.165) is 25.2 Å². The van der Waals surface area contributed by atoms with Crippen molar-refractivity contribution >= 4 is 28.8 Å². The Bertz CT molecular complexity index is 1110. The standard InChI is InChI=1S/C25H29F3N4O4S/c1-3-36-23(34)21-16(2)30-24-32(22(21)17-4-6-18(7-5-17)25(26,27)28)19(15-37-24)14-20(33)29-8-9-31-10-12-35-13-11-31/h4-7,15,22H,3,8-14H2,1-2H3,(H,29,33). The van der Waals surface area contributed by atoms with Gasteiger partial charge in [-0.05, 0) is 37.0 Å². The predicted molar refractivity (Wildman–Crippen MR) is 133 cm³/mol. The van der Waals surface area contributed by atoms with Crippen LogP contribution in [0.4, 0.5) is 13.2 Å². The molecule has 0 aromatic heterocycles. The number of morpholine rings is 1. The molecule has 3 aliphatic heterocycles. The number of hydrogen-bond acceptors (Lipinski definition) is 8. The fourth-order valence-corrected chi connectivity index (χ4v) is 5.38. The van der Waals surface area contributed by atoms with Gasteiger partial charge in [-0.3, -0.25) is 9.69 Å². The lowest BCUT2D eigenvalue weighted by molar-refractivity contribution is -0.139. The molecule has 0 aliphatic carbocycles. The molecule has 1 fully saturated rings. The number of hydrogen-bond donors (Lipinski definition) is 1. The van der Waals surface area contributed by atoms with Crippen LogP contribution in [0.15, 0.2) is 51.6 Å². The number of amides is 1. The van der Waals surface area contributed by atoms with Crippen molar-refractivity contribution in [2.75, 3.05) is 46.0 Å².